The van der Waals surface area contributed by atoms with E-state index in [0.717, 1.165) is 12.8 Å². The number of nitrogens with zero attached hydrogens (tertiary/aromatic N) is 2. The van der Waals surface area contributed by atoms with Crippen LogP contribution in [0.1, 0.15) is 35.8 Å². The molecule has 0 aliphatic carbocycles. The third kappa shape index (κ3) is 3.19. The number of aliphatic carboxylic acids is 1. The second-order valence-electron chi connectivity index (χ2n) is 6.36. The number of carbonyl (C=O) groups excluding carboxylic acids is 1. The van der Waals surface area contributed by atoms with E-state index in [1.165, 1.54) is 22.8 Å². The third-order valence-electron chi connectivity index (χ3n) is 4.63. The first-order valence-corrected chi connectivity index (χ1v) is 9.81. The van der Waals surface area contributed by atoms with Gasteiger partial charge in [-0.2, -0.15) is 8.42 Å². The number of carboxylic acid groups (broad SMARTS) is 1. The van der Waals surface area contributed by atoms with Crippen LogP contribution in [-0.2, 0) is 27.9 Å². The highest BCUT2D eigenvalue weighted by Gasteiger charge is 2.31. The molecule has 140 valence electrons. The lowest BCUT2D eigenvalue weighted by molar-refractivity contribution is -0.137. The molecule has 2 N–H and O–H groups in total. The van der Waals surface area contributed by atoms with Gasteiger partial charge in [0.2, 0.25) is 0 Å². The zero-order chi connectivity index (χ0) is 19.1. The Balaban J connectivity index is 2.21. The van der Waals surface area contributed by atoms with E-state index >= 15 is 0 Å². The van der Waals surface area contributed by atoms with Crippen LogP contribution >= 0.6 is 0 Å². The van der Waals surface area contributed by atoms with Gasteiger partial charge in [-0.05, 0) is 36.6 Å². The van der Waals surface area contributed by atoms with Crippen LogP contribution in [-0.4, -0.2) is 52.5 Å². The predicted molar refractivity (Wildman–Crippen MR) is 93.9 cm³/mol. The average Bonchev–Trinajstić information content (AvgIpc) is 2.87. The molecule has 1 aliphatic rings. The van der Waals surface area contributed by atoms with E-state index < -0.39 is 22.6 Å². The number of hydrogen-bond donors (Lipinski definition) is 2. The maximum atomic E-state index is 12.9. The molecule has 1 aromatic carbocycles. The minimum atomic E-state index is -4.39. The number of fused-ring (bicyclic) bond motifs is 3. The standard InChI is InChI=1S/C17H20N2O6S/c1-2-3-7-18-8-6-12-13-9-11(26(23,24)25)4-5-14(13)19(10-15(20)21)16(12)17(18)22/h4-5,9H,2-3,6-8,10H2,1H3,(H,20,21)(H,23,24,25). The maximum Gasteiger partial charge on any atom is 0.323 e. The minimum absolute atomic E-state index is 0.245. The van der Waals surface area contributed by atoms with Crippen molar-refractivity contribution in [2.24, 2.45) is 0 Å². The van der Waals surface area contributed by atoms with Crippen molar-refractivity contribution in [2.75, 3.05) is 13.1 Å². The van der Waals surface area contributed by atoms with E-state index in [0.29, 0.717) is 36.0 Å². The number of benzene rings is 1. The topological polar surface area (TPSA) is 117 Å². The van der Waals surface area contributed by atoms with Gasteiger partial charge in [-0.15, -0.1) is 0 Å². The number of amides is 1. The molecule has 0 spiro atoms. The van der Waals surface area contributed by atoms with Crippen molar-refractivity contribution in [3.8, 4) is 0 Å². The molecule has 0 atom stereocenters. The van der Waals surface area contributed by atoms with Crippen molar-refractivity contribution >= 4 is 32.9 Å². The molecule has 0 unspecified atom stereocenters. The molecule has 2 heterocycles. The van der Waals surface area contributed by atoms with Crippen molar-refractivity contribution in [2.45, 2.75) is 37.6 Å². The Bertz CT molecular complexity index is 992. The Labute approximate surface area is 150 Å². The Morgan fingerprint density at radius 2 is 2.04 bits per heavy atom. The van der Waals surface area contributed by atoms with Crippen molar-refractivity contribution in [1.82, 2.24) is 9.47 Å². The molecule has 8 nitrogen and oxygen atoms in total. The highest BCUT2D eigenvalue weighted by atomic mass is 32.2. The molecule has 26 heavy (non-hydrogen) atoms. The van der Waals surface area contributed by atoms with Crippen LogP contribution in [0.3, 0.4) is 0 Å². The number of unbranched alkanes of at least 4 members (excludes halogenated alkanes) is 1. The van der Waals surface area contributed by atoms with Gasteiger partial charge in [-0.25, -0.2) is 0 Å². The first-order valence-electron chi connectivity index (χ1n) is 8.37. The summed E-state index contributed by atoms with van der Waals surface area (Å²) in [7, 11) is -4.39. The smallest absolute Gasteiger partial charge is 0.323 e. The predicted octanol–water partition coefficient (Wildman–Crippen LogP) is 1.77. The van der Waals surface area contributed by atoms with Gasteiger partial charge >= 0.3 is 5.97 Å². The molecule has 1 aliphatic heterocycles. The SMILES string of the molecule is CCCCN1CCc2c(n(CC(=O)O)c3ccc(S(=O)(=O)O)cc23)C1=O. The van der Waals surface area contributed by atoms with E-state index in [4.69, 9.17) is 0 Å². The largest absolute Gasteiger partial charge is 0.480 e. The number of rotatable bonds is 6. The molecular formula is C17H20N2O6S. The molecule has 1 amide bonds. The van der Waals surface area contributed by atoms with Crippen LogP contribution in [0.5, 0.6) is 0 Å². The van der Waals surface area contributed by atoms with Crippen LogP contribution < -0.4 is 0 Å². The number of carboxylic acids is 1. The lowest BCUT2D eigenvalue weighted by Crippen LogP contribution is -2.39. The summed E-state index contributed by atoms with van der Waals surface area (Å²) >= 11 is 0. The van der Waals surface area contributed by atoms with Crippen molar-refractivity contribution < 1.29 is 27.7 Å². The van der Waals surface area contributed by atoms with Gasteiger partial charge < -0.3 is 14.6 Å². The molecule has 0 saturated carbocycles. The lowest BCUT2D eigenvalue weighted by atomic mass is 10.0. The summed E-state index contributed by atoms with van der Waals surface area (Å²) in [6, 6.07) is 3.95. The minimum Gasteiger partial charge on any atom is -0.480 e. The van der Waals surface area contributed by atoms with Crippen molar-refractivity contribution in [3.63, 3.8) is 0 Å². The highest BCUT2D eigenvalue weighted by Crippen LogP contribution is 2.32. The fourth-order valence-electron chi connectivity index (χ4n) is 3.42. The third-order valence-corrected chi connectivity index (χ3v) is 5.48. The van der Waals surface area contributed by atoms with Gasteiger partial charge in [0.1, 0.15) is 12.2 Å². The summed E-state index contributed by atoms with van der Waals surface area (Å²) in [6.07, 6.45) is 2.29. The second kappa shape index (κ2) is 6.73. The molecule has 9 heteroatoms. The van der Waals surface area contributed by atoms with Gasteiger partial charge in [0, 0.05) is 24.0 Å². The van der Waals surface area contributed by atoms with Gasteiger partial charge in [0.05, 0.1) is 4.90 Å². The van der Waals surface area contributed by atoms with Gasteiger partial charge in [-0.1, -0.05) is 13.3 Å². The summed E-state index contributed by atoms with van der Waals surface area (Å²) in [6.45, 7) is 2.72. The Hall–Kier alpha value is -2.39. The van der Waals surface area contributed by atoms with E-state index in [1.807, 2.05) is 6.92 Å². The normalized spacial score (nSPS) is 14.7. The van der Waals surface area contributed by atoms with Crippen molar-refractivity contribution in [3.05, 3.63) is 29.5 Å². The number of carbonyl (C=O) groups is 2. The fraction of sp³-hybridized carbons (Fsp3) is 0.412. The van der Waals surface area contributed by atoms with Gasteiger partial charge in [0.25, 0.3) is 16.0 Å². The number of hydrogen-bond acceptors (Lipinski definition) is 4. The van der Waals surface area contributed by atoms with Gasteiger partial charge in [0.15, 0.2) is 0 Å². The molecule has 3 rings (SSSR count). The van der Waals surface area contributed by atoms with E-state index in [2.05, 4.69) is 0 Å². The molecule has 0 saturated heterocycles. The fourth-order valence-corrected chi connectivity index (χ4v) is 3.93. The summed E-state index contributed by atoms with van der Waals surface area (Å²) in [4.78, 5) is 25.6. The summed E-state index contributed by atoms with van der Waals surface area (Å²) in [5.41, 5.74) is 1.39. The molecule has 2 aromatic rings. The van der Waals surface area contributed by atoms with Crippen LogP contribution in [0, 0.1) is 0 Å². The first kappa shape index (κ1) is 18.4. The molecule has 0 bridgehead atoms. The quantitative estimate of drug-likeness (QED) is 0.738. The zero-order valence-corrected chi connectivity index (χ0v) is 15.1. The maximum absolute atomic E-state index is 12.9. The van der Waals surface area contributed by atoms with Crippen LogP contribution in [0.4, 0.5) is 0 Å². The van der Waals surface area contributed by atoms with Crippen molar-refractivity contribution in [1.29, 1.82) is 0 Å². The van der Waals surface area contributed by atoms with Crippen LogP contribution in [0.25, 0.3) is 10.9 Å². The van der Waals surface area contributed by atoms with E-state index in [1.54, 1.807) is 4.90 Å². The second-order valence-corrected chi connectivity index (χ2v) is 7.78. The Morgan fingerprint density at radius 3 is 2.65 bits per heavy atom. The lowest BCUT2D eigenvalue weighted by Gasteiger charge is -2.28. The zero-order valence-electron chi connectivity index (χ0n) is 14.3. The average molecular weight is 380 g/mol. The number of aromatic nitrogens is 1. The van der Waals surface area contributed by atoms with Gasteiger partial charge in [-0.3, -0.25) is 14.1 Å². The monoisotopic (exact) mass is 380 g/mol. The first-order chi connectivity index (χ1) is 12.2. The van der Waals surface area contributed by atoms with E-state index in [9.17, 15) is 27.7 Å². The van der Waals surface area contributed by atoms with E-state index in [-0.39, 0.29) is 16.5 Å². The Kier molecular flexibility index (Phi) is 4.76. The molecule has 1 aromatic heterocycles. The molecular weight excluding hydrogens is 360 g/mol. The van der Waals surface area contributed by atoms with Crippen LogP contribution in [0.15, 0.2) is 23.1 Å². The highest BCUT2D eigenvalue weighted by molar-refractivity contribution is 7.85. The summed E-state index contributed by atoms with van der Waals surface area (Å²) in [5, 5.41) is 9.73. The summed E-state index contributed by atoms with van der Waals surface area (Å²) < 4.78 is 33.6. The molecule has 0 fully saturated rings. The molecule has 0 radical (unpaired) electrons. The van der Waals surface area contributed by atoms with Crippen LogP contribution in [0.2, 0.25) is 0 Å². The Morgan fingerprint density at radius 1 is 1.31 bits per heavy atom. The summed E-state index contributed by atoms with van der Waals surface area (Å²) in [5.74, 6) is -1.34.